The monoisotopic (exact) mass is 376 g/mol. The fraction of sp³-hybridized carbons (Fsp3) is 0.182. The minimum Gasteiger partial charge on any atom is -0.207 e. The third-order valence-corrected chi connectivity index (χ3v) is 4.72. The van der Waals surface area contributed by atoms with Crippen molar-refractivity contribution >= 4 is 0 Å². The summed E-state index contributed by atoms with van der Waals surface area (Å²) >= 11 is 0. The summed E-state index contributed by atoms with van der Waals surface area (Å²) in [7, 11) is 0. The highest BCUT2D eigenvalue weighted by molar-refractivity contribution is 5.46. The van der Waals surface area contributed by atoms with Gasteiger partial charge in [-0.25, -0.2) is 22.0 Å². The van der Waals surface area contributed by atoms with Crippen LogP contribution in [0, 0.1) is 49.9 Å². The number of hydrogen-bond acceptors (Lipinski definition) is 0. The molecule has 0 N–H and O–H groups in total. The Balaban J connectivity index is 2.33. The van der Waals surface area contributed by atoms with Gasteiger partial charge in [0.1, 0.15) is 17.5 Å². The summed E-state index contributed by atoms with van der Waals surface area (Å²) < 4.78 is 71.8. The van der Waals surface area contributed by atoms with E-state index in [0.29, 0.717) is 11.1 Å². The highest BCUT2D eigenvalue weighted by Crippen LogP contribution is 2.37. The molecule has 0 bridgehead atoms. The minimum absolute atomic E-state index is 0.183. The fourth-order valence-corrected chi connectivity index (χ4v) is 3.10. The first kappa shape index (κ1) is 19.1. The van der Waals surface area contributed by atoms with Crippen LogP contribution < -0.4 is 0 Å². The molecule has 140 valence electrons. The minimum atomic E-state index is -1.36. The smallest absolute Gasteiger partial charge is 0.166 e. The van der Waals surface area contributed by atoms with Crippen LogP contribution in [-0.2, 0) is 0 Å². The molecule has 0 unspecified atom stereocenters. The molecule has 0 saturated heterocycles. The van der Waals surface area contributed by atoms with E-state index in [1.54, 1.807) is 13.8 Å². The third kappa shape index (κ3) is 3.46. The highest BCUT2D eigenvalue weighted by Gasteiger charge is 2.28. The summed E-state index contributed by atoms with van der Waals surface area (Å²) in [5.74, 6) is -5.86. The van der Waals surface area contributed by atoms with Gasteiger partial charge in [0.15, 0.2) is 11.6 Å². The lowest BCUT2D eigenvalue weighted by atomic mass is 9.83. The predicted molar refractivity (Wildman–Crippen MR) is 94.3 cm³/mol. The zero-order chi connectivity index (χ0) is 19.9. The average Bonchev–Trinajstić information content (AvgIpc) is 2.62. The number of halogens is 5. The molecular weight excluding hydrogens is 359 g/mol. The molecule has 0 aliphatic rings. The van der Waals surface area contributed by atoms with Crippen molar-refractivity contribution in [3.63, 3.8) is 0 Å². The second-order valence-electron chi connectivity index (χ2n) is 6.67. The summed E-state index contributed by atoms with van der Waals surface area (Å²) in [6.07, 6.45) is 0. The van der Waals surface area contributed by atoms with Gasteiger partial charge in [0.05, 0.1) is 0 Å². The Morgan fingerprint density at radius 1 is 0.556 bits per heavy atom. The van der Waals surface area contributed by atoms with E-state index in [1.807, 2.05) is 0 Å². The molecule has 0 aliphatic heterocycles. The van der Waals surface area contributed by atoms with Gasteiger partial charge in [-0.15, -0.1) is 0 Å². The lowest BCUT2D eigenvalue weighted by Crippen LogP contribution is -2.12. The van der Waals surface area contributed by atoms with E-state index in [-0.39, 0.29) is 16.7 Å². The standard InChI is InChI=1S/C22H17F5/c1-11-4-6-14(9-16(11)23)19(15-7-5-12(2)17(24)10-15)20-18(25)8-13(3)21(26)22(20)27/h4-10,19H,1-3H3. The Morgan fingerprint density at radius 3 is 1.48 bits per heavy atom. The Hall–Kier alpha value is -2.69. The lowest BCUT2D eigenvalue weighted by molar-refractivity contribution is 0.471. The molecule has 0 fully saturated rings. The molecule has 0 atom stereocenters. The van der Waals surface area contributed by atoms with Crippen molar-refractivity contribution in [3.05, 3.63) is 105 Å². The fourth-order valence-electron chi connectivity index (χ4n) is 3.10. The number of aryl methyl sites for hydroxylation is 3. The molecule has 0 heterocycles. The largest absolute Gasteiger partial charge is 0.207 e. The number of benzene rings is 3. The first-order chi connectivity index (χ1) is 12.7. The van der Waals surface area contributed by atoms with E-state index in [4.69, 9.17) is 0 Å². The van der Waals surface area contributed by atoms with Gasteiger partial charge >= 0.3 is 0 Å². The van der Waals surface area contributed by atoms with Crippen LogP contribution in [0.5, 0.6) is 0 Å². The maximum absolute atomic E-state index is 14.7. The van der Waals surface area contributed by atoms with Gasteiger partial charge in [0.25, 0.3) is 0 Å². The van der Waals surface area contributed by atoms with Crippen molar-refractivity contribution in [2.75, 3.05) is 0 Å². The second-order valence-corrected chi connectivity index (χ2v) is 6.67. The van der Waals surface area contributed by atoms with E-state index < -0.39 is 40.6 Å². The van der Waals surface area contributed by atoms with Crippen LogP contribution >= 0.6 is 0 Å². The molecule has 3 rings (SSSR count). The van der Waals surface area contributed by atoms with Crippen molar-refractivity contribution in [3.8, 4) is 0 Å². The van der Waals surface area contributed by atoms with E-state index in [0.717, 1.165) is 18.2 Å². The van der Waals surface area contributed by atoms with E-state index in [9.17, 15) is 22.0 Å². The molecule has 0 radical (unpaired) electrons. The predicted octanol–water partition coefficient (Wildman–Crippen LogP) is 6.49. The van der Waals surface area contributed by atoms with Crippen molar-refractivity contribution in [2.45, 2.75) is 26.7 Å². The Bertz CT molecular complexity index is 972. The quantitative estimate of drug-likeness (QED) is 0.279. The lowest BCUT2D eigenvalue weighted by Gasteiger charge is -2.22. The third-order valence-electron chi connectivity index (χ3n) is 4.72. The van der Waals surface area contributed by atoms with Crippen LogP contribution in [0.4, 0.5) is 22.0 Å². The average molecular weight is 376 g/mol. The molecule has 0 saturated carbocycles. The van der Waals surface area contributed by atoms with Crippen LogP contribution in [-0.4, -0.2) is 0 Å². The molecular formula is C22H17F5. The SMILES string of the molecule is Cc1ccc(C(c2ccc(C)c(F)c2)c2c(F)cc(C)c(F)c2F)cc1F. The normalized spacial score (nSPS) is 11.3. The number of rotatable bonds is 3. The molecule has 0 amide bonds. The highest BCUT2D eigenvalue weighted by atomic mass is 19.2. The Kier molecular flexibility index (Phi) is 5.05. The maximum atomic E-state index is 14.7. The van der Waals surface area contributed by atoms with Crippen LogP contribution in [0.1, 0.15) is 39.3 Å². The van der Waals surface area contributed by atoms with E-state index in [2.05, 4.69) is 0 Å². The molecule has 0 aliphatic carbocycles. The molecule has 3 aromatic carbocycles. The second kappa shape index (κ2) is 7.14. The molecule has 0 nitrogen and oxygen atoms in total. The molecule has 3 aromatic rings. The van der Waals surface area contributed by atoms with Crippen LogP contribution in [0.15, 0.2) is 42.5 Å². The van der Waals surface area contributed by atoms with Gasteiger partial charge in [0.2, 0.25) is 0 Å². The molecule has 0 aromatic heterocycles. The van der Waals surface area contributed by atoms with Crippen molar-refractivity contribution in [1.82, 2.24) is 0 Å². The summed E-state index contributed by atoms with van der Waals surface area (Å²) in [5.41, 5.74) is 0.333. The van der Waals surface area contributed by atoms with Gasteiger partial charge in [-0.05, 0) is 66.8 Å². The van der Waals surface area contributed by atoms with E-state index in [1.165, 1.54) is 31.2 Å². The van der Waals surface area contributed by atoms with Crippen LogP contribution in [0.25, 0.3) is 0 Å². The van der Waals surface area contributed by atoms with Crippen molar-refractivity contribution in [1.29, 1.82) is 0 Å². The first-order valence-corrected chi connectivity index (χ1v) is 8.36. The summed E-state index contributed by atoms with van der Waals surface area (Å²) in [5, 5.41) is 0. The first-order valence-electron chi connectivity index (χ1n) is 8.36. The van der Waals surface area contributed by atoms with Gasteiger partial charge in [-0.3, -0.25) is 0 Å². The molecule has 27 heavy (non-hydrogen) atoms. The summed E-state index contributed by atoms with van der Waals surface area (Å²) in [6, 6.07) is 9.07. The van der Waals surface area contributed by atoms with Crippen molar-refractivity contribution < 1.29 is 22.0 Å². The van der Waals surface area contributed by atoms with Crippen molar-refractivity contribution in [2.24, 2.45) is 0 Å². The van der Waals surface area contributed by atoms with Gasteiger partial charge < -0.3 is 0 Å². The molecule has 5 heteroatoms. The van der Waals surface area contributed by atoms with Gasteiger partial charge in [-0.1, -0.05) is 24.3 Å². The summed E-state index contributed by atoms with van der Waals surface area (Å²) in [4.78, 5) is 0. The molecule has 0 spiro atoms. The van der Waals surface area contributed by atoms with Crippen LogP contribution in [0.2, 0.25) is 0 Å². The van der Waals surface area contributed by atoms with Gasteiger partial charge in [0, 0.05) is 11.5 Å². The zero-order valence-electron chi connectivity index (χ0n) is 15.0. The Morgan fingerprint density at radius 2 is 1.04 bits per heavy atom. The summed E-state index contributed by atoms with van der Waals surface area (Å²) in [6.45, 7) is 4.34. The van der Waals surface area contributed by atoms with Crippen LogP contribution in [0.3, 0.4) is 0 Å². The zero-order valence-corrected chi connectivity index (χ0v) is 15.0. The number of hydrogen-bond donors (Lipinski definition) is 0. The topological polar surface area (TPSA) is 0 Å². The van der Waals surface area contributed by atoms with Gasteiger partial charge in [-0.2, -0.15) is 0 Å². The van der Waals surface area contributed by atoms with E-state index >= 15 is 0 Å². The Labute approximate surface area is 154 Å². The maximum Gasteiger partial charge on any atom is 0.166 e.